The molecule has 0 aliphatic heterocycles. The Hall–Kier alpha value is -1.96. The monoisotopic (exact) mass is 284 g/mol. The zero-order chi connectivity index (χ0) is 15.2. The van der Waals surface area contributed by atoms with E-state index in [1.165, 1.54) is 22.3 Å². The van der Waals surface area contributed by atoms with E-state index in [1.807, 2.05) is 0 Å². The van der Waals surface area contributed by atoms with Gasteiger partial charge in [0.25, 0.3) is 0 Å². The van der Waals surface area contributed by atoms with Crippen molar-refractivity contribution in [2.24, 2.45) is 0 Å². The molecule has 0 aliphatic rings. The standard InChI is InChI=1S/C19H24O2/c1-5-16-12-14(7-9-18(16)20-3)11-15-8-10-19(21-4)17(6-2)13-15/h7-10,12-13H,5-6,11H2,1-4H3. The average Bonchev–Trinajstić information content (AvgIpc) is 2.54. The molecular formula is C19H24O2. The van der Waals surface area contributed by atoms with Crippen molar-refractivity contribution in [2.75, 3.05) is 14.2 Å². The van der Waals surface area contributed by atoms with Gasteiger partial charge in [0, 0.05) is 0 Å². The van der Waals surface area contributed by atoms with Crippen LogP contribution in [-0.4, -0.2) is 14.2 Å². The van der Waals surface area contributed by atoms with Crippen molar-refractivity contribution >= 4 is 0 Å². The van der Waals surface area contributed by atoms with Gasteiger partial charge in [-0.25, -0.2) is 0 Å². The van der Waals surface area contributed by atoms with Gasteiger partial charge < -0.3 is 9.47 Å². The molecule has 0 heterocycles. The van der Waals surface area contributed by atoms with Gasteiger partial charge in [0.2, 0.25) is 0 Å². The summed E-state index contributed by atoms with van der Waals surface area (Å²) in [5.74, 6) is 1.95. The van der Waals surface area contributed by atoms with Crippen LogP contribution in [0.1, 0.15) is 36.1 Å². The summed E-state index contributed by atoms with van der Waals surface area (Å²) in [7, 11) is 3.45. The first-order valence-corrected chi connectivity index (χ1v) is 7.53. The smallest absolute Gasteiger partial charge is 0.122 e. The van der Waals surface area contributed by atoms with Crippen LogP contribution in [0.25, 0.3) is 0 Å². The Morgan fingerprint density at radius 3 is 1.48 bits per heavy atom. The Morgan fingerprint density at radius 2 is 1.14 bits per heavy atom. The van der Waals surface area contributed by atoms with E-state index in [-0.39, 0.29) is 0 Å². The molecule has 0 fully saturated rings. The summed E-state index contributed by atoms with van der Waals surface area (Å²) in [6.07, 6.45) is 2.91. The summed E-state index contributed by atoms with van der Waals surface area (Å²) in [6.45, 7) is 4.31. The van der Waals surface area contributed by atoms with Crippen molar-refractivity contribution < 1.29 is 9.47 Å². The molecule has 0 aromatic heterocycles. The second kappa shape index (κ2) is 7.16. The maximum Gasteiger partial charge on any atom is 0.122 e. The quantitative estimate of drug-likeness (QED) is 0.781. The fraction of sp³-hybridized carbons (Fsp3) is 0.368. The van der Waals surface area contributed by atoms with E-state index in [0.717, 1.165) is 30.8 Å². The molecule has 21 heavy (non-hydrogen) atoms. The summed E-state index contributed by atoms with van der Waals surface area (Å²) < 4.78 is 10.8. The van der Waals surface area contributed by atoms with Gasteiger partial charge in [-0.05, 0) is 53.6 Å². The van der Waals surface area contributed by atoms with Gasteiger partial charge >= 0.3 is 0 Å². The predicted molar refractivity (Wildman–Crippen MR) is 87.6 cm³/mol. The van der Waals surface area contributed by atoms with Gasteiger partial charge in [-0.3, -0.25) is 0 Å². The Morgan fingerprint density at radius 1 is 0.714 bits per heavy atom. The zero-order valence-electron chi connectivity index (χ0n) is 13.4. The third kappa shape index (κ3) is 3.57. The highest BCUT2D eigenvalue weighted by atomic mass is 16.5. The maximum absolute atomic E-state index is 5.39. The van der Waals surface area contributed by atoms with E-state index in [4.69, 9.17) is 9.47 Å². The second-order valence-corrected chi connectivity index (χ2v) is 5.18. The second-order valence-electron chi connectivity index (χ2n) is 5.18. The minimum absolute atomic E-state index is 0.938. The molecule has 0 N–H and O–H groups in total. The van der Waals surface area contributed by atoms with E-state index in [9.17, 15) is 0 Å². The van der Waals surface area contributed by atoms with E-state index < -0.39 is 0 Å². The van der Waals surface area contributed by atoms with Crippen molar-refractivity contribution in [3.05, 3.63) is 58.7 Å². The summed E-state index contributed by atoms with van der Waals surface area (Å²) in [5, 5.41) is 0. The summed E-state index contributed by atoms with van der Waals surface area (Å²) >= 11 is 0. The summed E-state index contributed by atoms with van der Waals surface area (Å²) in [6, 6.07) is 12.9. The molecule has 0 radical (unpaired) electrons. The van der Waals surface area contributed by atoms with Crippen LogP contribution in [-0.2, 0) is 19.3 Å². The minimum Gasteiger partial charge on any atom is -0.496 e. The molecule has 0 saturated carbocycles. The van der Waals surface area contributed by atoms with Crippen molar-refractivity contribution in [2.45, 2.75) is 33.1 Å². The molecule has 112 valence electrons. The zero-order valence-corrected chi connectivity index (χ0v) is 13.4. The summed E-state index contributed by atoms with van der Waals surface area (Å²) in [5.41, 5.74) is 5.16. The van der Waals surface area contributed by atoms with Gasteiger partial charge in [0.05, 0.1) is 14.2 Å². The molecule has 2 rings (SSSR count). The van der Waals surface area contributed by atoms with Crippen LogP contribution in [0, 0.1) is 0 Å². The highest BCUT2D eigenvalue weighted by molar-refractivity contribution is 5.42. The van der Waals surface area contributed by atoms with Crippen molar-refractivity contribution in [3.63, 3.8) is 0 Å². The van der Waals surface area contributed by atoms with Crippen LogP contribution in [0.3, 0.4) is 0 Å². The first-order valence-electron chi connectivity index (χ1n) is 7.53. The Labute approximate surface area is 127 Å². The Balaban J connectivity index is 2.25. The predicted octanol–water partition coefficient (Wildman–Crippen LogP) is 4.42. The number of aryl methyl sites for hydroxylation is 2. The number of benzene rings is 2. The lowest BCUT2D eigenvalue weighted by atomic mass is 9.99. The van der Waals surface area contributed by atoms with Crippen LogP contribution in [0.4, 0.5) is 0 Å². The van der Waals surface area contributed by atoms with E-state index in [0.29, 0.717) is 0 Å². The molecule has 0 bridgehead atoms. The van der Waals surface area contributed by atoms with E-state index in [2.05, 4.69) is 50.2 Å². The molecule has 0 spiro atoms. The third-order valence-corrected chi connectivity index (χ3v) is 3.86. The van der Waals surface area contributed by atoms with Crippen molar-refractivity contribution in [3.8, 4) is 11.5 Å². The lowest BCUT2D eigenvalue weighted by molar-refractivity contribution is 0.410. The highest BCUT2D eigenvalue weighted by Gasteiger charge is 2.06. The molecule has 0 atom stereocenters. The summed E-state index contributed by atoms with van der Waals surface area (Å²) in [4.78, 5) is 0. The fourth-order valence-corrected chi connectivity index (χ4v) is 2.67. The first kappa shape index (κ1) is 15.4. The Kier molecular flexibility index (Phi) is 5.26. The Bertz CT molecular complexity index is 549. The minimum atomic E-state index is 0.938. The molecule has 2 heteroatoms. The fourth-order valence-electron chi connectivity index (χ4n) is 2.67. The molecule has 0 aliphatic carbocycles. The lowest BCUT2D eigenvalue weighted by Crippen LogP contribution is -1.96. The van der Waals surface area contributed by atoms with Gasteiger partial charge in [-0.2, -0.15) is 0 Å². The van der Waals surface area contributed by atoms with Gasteiger partial charge in [0.15, 0.2) is 0 Å². The van der Waals surface area contributed by atoms with Gasteiger partial charge in [-0.15, -0.1) is 0 Å². The largest absolute Gasteiger partial charge is 0.496 e. The molecular weight excluding hydrogens is 260 g/mol. The van der Waals surface area contributed by atoms with Crippen molar-refractivity contribution in [1.29, 1.82) is 0 Å². The molecule has 2 aromatic carbocycles. The molecule has 0 saturated heterocycles. The number of rotatable bonds is 6. The topological polar surface area (TPSA) is 18.5 Å². The average molecular weight is 284 g/mol. The number of methoxy groups -OCH3 is 2. The lowest BCUT2D eigenvalue weighted by Gasteiger charge is -2.11. The maximum atomic E-state index is 5.39. The SMILES string of the molecule is CCc1cc(Cc2ccc(OC)c(CC)c2)ccc1OC. The van der Waals surface area contributed by atoms with Crippen LogP contribution < -0.4 is 9.47 Å². The molecule has 2 nitrogen and oxygen atoms in total. The molecule has 0 unspecified atom stereocenters. The highest BCUT2D eigenvalue weighted by Crippen LogP contribution is 2.24. The molecule has 0 amide bonds. The first-order chi connectivity index (χ1) is 10.2. The van der Waals surface area contributed by atoms with Crippen LogP contribution in [0.5, 0.6) is 11.5 Å². The number of hydrogen-bond acceptors (Lipinski definition) is 2. The van der Waals surface area contributed by atoms with Gasteiger partial charge in [0.1, 0.15) is 11.5 Å². The number of hydrogen-bond donors (Lipinski definition) is 0. The normalized spacial score (nSPS) is 10.5. The molecule has 2 aromatic rings. The van der Waals surface area contributed by atoms with E-state index >= 15 is 0 Å². The van der Waals surface area contributed by atoms with Crippen LogP contribution in [0.2, 0.25) is 0 Å². The van der Waals surface area contributed by atoms with E-state index in [1.54, 1.807) is 14.2 Å². The van der Waals surface area contributed by atoms with Crippen molar-refractivity contribution in [1.82, 2.24) is 0 Å². The third-order valence-electron chi connectivity index (χ3n) is 3.86. The van der Waals surface area contributed by atoms with Crippen LogP contribution in [0.15, 0.2) is 36.4 Å². The number of ether oxygens (including phenoxy) is 2. The van der Waals surface area contributed by atoms with Gasteiger partial charge in [-0.1, -0.05) is 38.1 Å². The van der Waals surface area contributed by atoms with Crippen LogP contribution >= 0.6 is 0 Å².